The van der Waals surface area contributed by atoms with Gasteiger partial charge in [0.2, 0.25) is 15.9 Å². The molecule has 1 aliphatic rings. The van der Waals surface area contributed by atoms with Gasteiger partial charge in [0, 0.05) is 31.6 Å². The molecule has 1 aliphatic heterocycles. The highest BCUT2D eigenvalue weighted by atomic mass is 32.2. The molecule has 0 fully saturated rings. The fraction of sp³-hybridized carbons (Fsp3) is 0.286. The third kappa shape index (κ3) is 4.58. The fourth-order valence-corrected chi connectivity index (χ4v) is 4.64. The van der Waals surface area contributed by atoms with Crippen LogP contribution in [0.3, 0.4) is 0 Å². The van der Waals surface area contributed by atoms with Crippen molar-refractivity contribution in [1.29, 1.82) is 0 Å². The van der Waals surface area contributed by atoms with Crippen molar-refractivity contribution in [2.24, 2.45) is 5.10 Å². The highest BCUT2D eigenvalue weighted by Gasteiger charge is 2.26. The Morgan fingerprint density at radius 2 is 1.77 bits per heavy atom. The minimum Gasteiger partial charge on any atom is -0.321 e. The van der Waals surface area contributed by atoms with Crippen LogP contribution in [0.15, 0.2) is 64.6 Å². The number of amides is 2. The van der Waals surface area contributed by atoms with Crippen molar-refractivity contribution in [2.75, 3.05) is 23.4 Å². The van der Waals surface area contributed by atoms with Gasteiger partial charge in [-0.3, -0.25) is 9.59 Å². The normalized spacial score (nSPS) is 14.6. The molecule has 2 aromatic rings. The number of para-hydroxylation sites is 1. The van der Waals surface area contributed by atoms with Crippen molar-refractivity contribution >= 4 is 38.9 Å². The van der Waals surface area contributed by atoms with Crippen LogP contribution < -0.4 is 10.3 Å². The number of hydrogen-bond donors (Lipinski definition) is 1. The van der Waals surface area contributed by atoms with Crippen molar-refractivity contribution in [3.05, 3.63) is 54.6 Å². The van der Waals surface area contributed by atoms with E-state index < -0.39 is 15.9 Å². The van der Waals surface area contributed by atoms with Gasteiger partial charge in [0.1, 0.15) is 5.71 Å². The van der Waals surface area contributed by atoms with Gasteiger partial charge in [-0.1, -0.05) is 38.1 Å². The first kappa shape index (κ1) is 21.7. The molecule has 0 aliphatic carbocycles. The average molecular weight is 429 g/mol. The van der Waals surface area contributed by atoms with Gasteiger partial charge in [0.05, 0.1) is 10.6 Å². The minimum atomic E-state index is -3.64. The summed E-state index contributed by atoms with van der Waals surface area (Å²) in [7, 11) is -3.64. The van der Waals surface area contributed by atoms with Gasteiger partial charge in [0.25, 0.3) is 5.91 Å². The molecule has 9 heteroatoms. The molecule has 0 unspecified atom stereocenters. The van der Waals surface area contributed by atoms with Crippen LogP contribution >= 0.6 is 0 Å². The Balaban J connectivity index is 1.82. The lowest BCUT2D eigenvalue weighted by molar-refractivity contribution is -0.118. The number of hydrogen-bond acceptors (Lipinski definition) is 5. The molecular weight excluding hydrogens is 404 g/mol. The highest BCUT2D eigenvalue weighted by molar-refractivity contribution is 7.89. The number of benzene rings is 2. The first-order valence-electron chi connectivity index (χ1n) is 9.73. The number of hydrazone groups is 1. The smallest absolute Gasteiger partial charge is 0.271 e. The Bertz CT molecular complexity index is 1060. The van der Waals surface area contributed by atoms with E-state index in [0.29, 0.717) is 24.5 Å². The minimum absolute atomic E-state index is 0.107. The Morgan fingerprint density at radius 3 is 2.43 bits per heavy atom. The average Bonchev–Trinajstić information content (AvgIpc) is 2.75. The predicted molar refractivity (Wildman–Crippen MR) is 116 cm³/mol. The van der Waals surface area contributed by atoms with Crippen molar-refractivity contribution in [2.45, 2.75) is 31.6 Å². The summed E-state index contributed by atoms with van der Waals surface area (Å²) in [5, 5.41) is 8.13. The summed E-state index contributed by atoms with van der Waals surface area (Å²) >= 11 is 0. The van der Waals surface area contributed by atoms with E-state index in [0.717, 1.165) is 0 Å². The first-order chi connectivity index (χ1) is 14.4. The van der Waals surface area contributed by atoms with Crippen molar-refractivity contribution < 1.29 is 18.0 Å². The van der Waals surface area contributed by atoms with Gasteiger partial charge >= 0.3 is 0 Å². The molecule has 2 amide bonds. The van der Waals surface area contributed by atoms with Crippen LogP contribution in [0.4, 0.5) is 11.4 Å². The molecule has 0 atom stereocenters. The van der Waals surface area contributed by atoms with Gasteiger partial charge in [-0.25, -0.2) is 13.4 Å². The van der Waals surface area contributed by atoms with Crippen LogP contribution in [0.1, 0.15) is 26.7 Å². The van der Waals surface area contributed by atoms with Crippen LogP contribution in [0, 0.1) is 0 Å². The lowest BCUT2D eigenvalue weighted by Crippen LogP contribution is -2.36. The van der Waals surface area contributed by atoms with E-state index in [1.165, 1.54) is 21.4 Å². The van der Waals surface area contributed by atoms with E-state index in [9.17, 15) is 18.0 Å². The maximum Gasteiger partial charge on any atom is 0.271 e. The molecule has 3 rings (SSSR count). The standard InChI is InChI=1S/C21H24N4O4S/c1-3-24(4-2)30(28,29)18-12-8-9-16(15-18)22-21(27)19-13-14-20(26)25(23-19)17-10-6-5-7-11-17/h5-12,15H,3-4,13-14H2,1-2H3,(H,22,27). The molecule has 2 aromatic carbocycles. The van der Waals surface area contributed by atoms with Crippen LogP contribution in [0.5, 0.6) is 0 Å². The summed E-state index contributed by atoms with van der Waals surface area (Å²) in [6.07, 6.45) is 0.378. The molecule has 8 nitrogen and oxygen atoms in total. The summed E-state index contributed by atoms with van der Waals surface area (Å²) in [5.41, 5.74) is 1.13. The zero-order valence-electron chi connectivity index (χ0n) is 16.9. The molecule has 30 heavy (non-hydrogen) atoms. The lowest BCUT2D eigenvalue weighted by atomic mass is 10.1. The topological polar surface area (TPSA) is 99.2 Å². The third-order valence-electron chi connectivity index (χ3n) is 4.73. The molecule has 0 bridgehead atoms. The zero-order valence-corrected chi connectivity index (χ0v) is 17.7. The number of carbonyl (C=O) groups is 2. The summed E-state index contributed by atoms with van der Waals surface area (Å²) in [6.45, 7) is 4.26. The van der Waals surface area contributed by atoms with Crippen LogP contribution in [-0.2, 0) is 19.6 Å². The molecule has 0 spiro atoms. The second kappa shape index (κ2) is 9.19. The number of sulfonamides is 1. The molecule has 0 saturated carbocycles. The number of anilines is 2. The summed E-state index contributed by atoms with van der Waals surface area (Å²) < 4.78 is 26.8. The third-order valence-corrected chi connectivity index (χ3v) is 6.78. The summed E-state index contributed by atoms with van der Waals surface area (Å²) in [4.78, 5) is 25.0. The molecule has 0 radical (unpaired) electrons. The van der Waals surface area contributed by atoms with Crippen molar-refractivity contribution in [1.82, 2.24) is 4.31 Å². The quantitative estimate of drug-likeness (QED) is 0.733. The second-order valence-corrected chi connectivity index (χ2v) is 8.60. The van der Waals surface area contributed by atoms with Crippen LogP contribution in [0.25, 0.3) is 0 Å². The van der Waals surface area contributed by atoms with Gasteiger partial charge < -0.3 is 5.32 Å². The first-order valence-corrected chi connectivity index (χ1v) is 11.2. The van der Waals surface area contributed by atoms with E-state index in [-0.39, 0.29) is 29.4 Å². The molecule has 158 valence electrons. The summed E-state index contributed by atoms with van der Waals surface area (Å²) in [6, 6.07) is 15.0. The Kier molecular flexibility index (Phi) is 6.63. The maximum atomic E-state index is 12.7. The van der Waals surface area contributed by atoms with Crippen molar-refractivity contribution in [3.8, 4) is 0 Å². The van der Waals surface area contributed by atoms with Gasteiger partial charge in [-0.05, 0) is 30.3 Å². The van der Waals surface area contributed by atoms with E-state index in [1.54, 1.807) is 50.2 Å². The largest absolute Gasteiger partial charge is 0.321 e. The van der Waals surface area contributed by atoms with Gasteiger partial charge in [-0.2, -0.15) is 9.41 Å². The van der Waals surface area contributed by atoms with Gasteiger partial charge in [0.15, 0.2) is 0 Å². The Hall–Kier alpha value is -3.04. The lowest BCUT2D eigenvalue weighted by Gasteiger charge is -2.23. The van der Waals surface area contributed by atoms with E-state index in [2.05, 4.69) is 10.4 Å². The second-order valence-electron chi connectivity index (χ2n) is 6.66. The number of nitrogens with one attached hydrogen (secondary N) is 1. The monoisotopic (exact) mass is 428 g/mol. The maximum absolute atomic E-state index is 12.7. The molecule has 1 heterocycles. The van der Waals surface area contributed by atoms with E-state index in [1.807, 2.05) is 6.07 Å². The summed E-state index contributed by atoms with van der Waals surface area (Å²) in [5.74, 6) is -0.661. The molecule has 0 aromatic heterocycles. The molecule has 0 saturated heterocycles. The zero-order chi connectivity index (χ0) is 21.7. The van der Waals surface area contributed by atoms with E-state index >= 15 is 0 Å². The SMILES string of the molecule is CCN(CC)S(=O)(=O)c1cccc(NC(=O)C2=NN(c3ccccc3)C(=O)CC2)c1. The van der Waals surface area contributed by atoms with E-state index in [4.69, 9.17) is 0 Å². The fourth-order valence-electron chi connectivity index (χ4n) is 3.14. The molecular formula is C21H24N4O4S. The predicted octanol–water partition coefficient (Wildman–Crippen LogP) is 2.84. The van der Waals surface area contributed by atoms with Crippen LogP contribution in [0.2, 0.25) is 0 Å². The Morgan fingerprint density at radius 1 is 1.07 bits per heavy atom. The number of carbonyl (C=O) groups excluding carboxylic acids is 2. The van der Waals surface area contributed by atoms with Crippen LogP contribution in [-0.4, -0.2) is 43.3 Å². The highest BCUT2D eigenvalue weighted by Crippen LogP contribution is 2.22. The Labute approximate surface area is 176 Å². The van der Waals surface area contributed by atoms with Gasteiger partial charge in [-0.15, -0.1) is 0 Å². The number of rotatable bonds is 7. The molecule has 1 N–H and O–H groups in total. The number of nitrogens with zero attached hydrogens (tertiary/aromatic N) is 3. The van der Waals surface area contributed by atoms with Crippen molar-refractivity contribution in [3.63, 3.8) is 0 Å².